The van der Waals surface area contributed by atoms with E-state index in [0.717, 1.165) is 55.7 Å². The fourth-order valence-electron chi connectivity index (χ4n) is 3.65. The van der Waals surface area contributed by atoms with Crippen LogP contribution in [0.5, 0.6) is 0 Å². The van der Waals surface area contributed by atoms with Gasteiger partial charge in [0.15, 0.2) is 5.65 Å². The zero-order valence-corrected chi connectivity index (χ0v) is 14.4. The maximum atomic E-state index is 6.29. The zero-order valence-electron chi connectivity index (χ0n) is 12.9. The molecule has 5 nitrogen and oxygen atoms in total. The number of rotatable bonds is 3. The van der Waals surface area contributed by atoms with E-state index in [4.69, 9.17) is 27.9 Å². The SMILES string of the molecule is CCCc1cc2c(N3C4CCC3COC4)nc(Cl)nc2nc1Cl. The molecule has 2 aliphatic heterocycles. The number of aromatic nitrogens is 3. The minimum absolute atomic E-state index is 0.213. The van der Waals surface area contributed by atoms with Gasteiger partial charge in [-0.25, -0.2) is 4.98 Å². The summed E-state index contributed by atoms with van der Waals surface area (Å²) in [4.78, 5) is 15.6. The van der Waals surface area contributed by atoms with E-state index in [2.05, 4.69) is 32.8 Å². The van der Waals surface area contributed by atoms with Gasteiger partial charge in [-0.2, -0.15) is 9.97 Å². The Labute approximate surface area is 145 Å². The molecule has 0 aromatic carbocycles. The molecule has 7 heteroatoms. The maximum absolute atomic E-state index is 6.29. The molecular weight excluding hydrogens is 335 g/mol. The summed E-state index contributed by atoms with van der Waals surface area (Å²) in [5.74, 6) is 0.873. The molecule has 0 amide bonds. The molecule has 2 aromatic rings. The van der Waals surface area contributed by atoms with E-state index in [1.54, 1.807) is 0 Å². The highest BCUT2D eigenvalue weighted by molar-refractivity contribution is 6.31. The van der Waals surface area contributed by atoms with Crippen molar-refractivity contribution < 1.29 is 4.74 Å². The normalized spacial score (nSPS) is 23.7. The van der Waals surface area contributed by atoms with Crippen LogP contribution in [0.15, 0.2) is 6.07 Å². The van der Waals surface area contributed by atoms with Crippen LogP contribution in [0.3, 0.4) is 0 Å². The molecule has 0 spiro atoms. The number of hydrogen-bond donors (Lipinski definition) is 0. The molecule has 23 heavy (non-hydrogen) atoms. The van der Waals surface area contributed by atoms with E-state index < -0.39 is 0 Å². The lowest BCUT2D eigenvalue weighted by molar-refractivity contribution is 0.0904. The van der Waals surface area contributed by atoms with E-state index >= 15 is 0 Å². The zero-order chi connectivity index (χ0) is 16.0. The first-order valence-electron chi connectivity index (χ1n) is 8.06. The first kappa shape index (κ1) is 15.4. The summed E-state index contributed by atoms with van der Waals surface area (Å²) in [5, 5.41) is 1.65. The number of nitrogens with zero attached hydrogens (tertiary/aromatic N) is 4. The summed E-state index contributed by atoms with van der Waals surface area (Å²) >= 11 is 12.4. The first-order valence-corrected chi connectivity index (χ1v) is 8.81. The summed E-state index contributed by atoms with van der Waals surface area (Å²) in [6.45, 7) is 3.60. The summed E-state index contributed by atoms with van der Waals surface area (Å²) in [6, 6.07) is 2.79. The number of ether oxygens (including phenoxy) is 1. The van der Waals surface area contributed by atoms with Crippen molar-refractivity contribution in [1.82, 2.24) is 15.0 Å². The lowest BCUT2D eigenvalue weighted by Crippen LogP contribution is -2.46. The van der Waals surface area contributed by atoms with Gasteiger partial charge >= 0.3 is 0 Å². The molecule has 0 saturated carbocycles. The molecule has 0 aliphatic carbocycles. The van der Waals surface area contributed by atoms with E-state index in [9.17, 15) is 0 Å². The second-order valence-electron chi connectivity index (χ2n) is 6.21. The van der Waals surface area contributed by atoms with Crippen molar-refractivity contribution in [2.24, 2.45) is 0 Å². The Morgan fingerprint density at radius 1 is 1.17 bits per heavy atom. The van der Waals surface area contributed by atoms with Crippen LogP contribution in [0.4, 0.5) is 5.82 Å². The van der Waals surface area contributed by atoms with Crippen molar-refractivity contribution in [2.75, 3.05) is 18.1 Å². The minimum atomic E-state index is 0.213. The van der Waals surface area contributed by atoms with Gasteiger partial charge in [-0.3, -0.25) is 0 Å². The highest BCUT2D eigenvalue weighted by atomic mass is 35.5. The maximum Gasteiger partial charge on any atom is 0.226 e. The Morgan fingerprint density at radius 2 is 1.91 bits per heavy atom. The number of morpholine rings is 1. The molecule has 2 unspecified atom stereocenters. The first-order chi connectivity index (χ1) is 11.2. The average Bonchev–Trinajstić information content (AvgIpc) is 2.76. The van der Waals surface area contributed by atoms with Crippen LogP contribution in [0.2, 0.25) is 10.4 Å². The largest absolute Gasteiger partial charge is 0.377 e. The van der Waals surface area contributed by atoms with Crippen molar-refractivity contribution in [3.8, 4) is 0 Å². The summed E-state index contributed by atoms with van der Waals surface area (Å²) < 4.78 is 5.68. The van der Waals surface area contributed by atoms with Crippen molar-refractivity contribution in [3.63, 3.8) is 0 Å². The van der Waals surface area contributed by atoms with Gasteiger partial charge < -0.3 is 9.64 Å². The van der Waals surface area contributed by atoms with Crippen molar-refractivity contribution in [3.05, 3.63) is 22.1 Å². The summed E-state index contributed by atoms with van der Waals surface area (Å²) in [5.41, 5.74) is 1.60. The van der Waals surface area contributed by atoms with Crippen LogP contribution >= 0.6 is 23.2 Å². The third-order valence-electron chi connectivity index (χ3n) is 4.67. The Kier molecular flexibility index (Phi) is 4.03. The Hall–Kier alpha value is -1.17. The number of fused-ring (bicyclic) bond motifs is 3. The topological polar surface area (TPSA) is 51.1 Å². The summed E-state index contributed by atoms with van der Waals surface area (Å²) in [6.07, 6.45) is 4.15. The van der Waals surface area contributed by atoms with Gasteiger partial charge in [-0.05, 0) is 42.5 Å². The quantitative estimate of drug-likeness (QED) is 0.623. The van der Waals surface area contributed by atoms with Gasteiger partial charge in [0.25, 0.3) is 0 Å². The second kappa shape index (κ2) is 6.04. The van der Waals surface area contributed by atoms with Crippen LogP contribution in [-0.2, 0) is 11.2 Å². The van der Waals surface area contributed by atoms with Gasteiger partial charge in [-0.1, -0.05) is 24.9 Å². The summed E-state index contributed by atoms with van der Waals surface area (Å²) in [7, 11) is 0. The molecule has 2 atom stereocenters. The van der Waals surface area contributed by atoms with Crippen molar-refractivity contribution in [2.45, 2.75) is 44.7 Å². The molecule has 2 saturated heterocycles. The number of halogens is 2. The fraction of sp³-hybridized carbons (Fsp3) is 0.562. The minimum Gasteiger partial charge on any atom is -0.377 e. The second-order valence-corrected chi connectivity index (χ2v) is 6.90. The van der Waals surface area contributed by atoms with Crippen LogP contribution < -0.4 is 4.90 Å². The van der Waals surface area contributed by atoms with E-state index in [-0.39, 0.29) is 5.28 Å². The third kappa shape index (κ3) is 2.65. The Bertz CT molecular complexity index is 738. The van der Waals surface area contributed by atoms with Gasteiger partial charge in [0.05, 0.1) is 30.7 Å². The Morgan fingerprint density at radius 3 is 2.61 bits per heavy atom. The van der Waals surface area contributed by atoms with E-state index in [1.807, 2.05) is 0 Å². The molecule has 2 bridgehead atoms. The highest BCUT2D eigenvalue weighted by Crippen LogP contribution is 2.37. The van der Waals surface area contributed by atoms with Gasteiger partial charge in [-0.15, -0.1) is 0 Å². The van der Waals surface area contributed by atoms with Gasteiger partial charge in [0.2, 0.25) is 5.28 Å². The predicted octanol–water partition coefficient (Wildman–Crippen LogP) is 3.65. The molecule has 0 radical (unpaired) electrons. The van der Waals surface area contributed by atoms with Crippen LogP contribution in [0.25, 0.3) is 11.0 Å². The molecule has 0 N–H and O–H groups in total. The molecule has 2 fully saturated rings. The monoisotopic (exact) mass is 352 g/mol. The lowest BCUT2D eigenvalue weighted by atomic mass is 10.1. The van der Waals surface area contributed by atoms with Crippen molar-refractivity contribution in [1.29, 1.82) is 0 Å². The van der Waals surface area contributed by atoms with Crippen LogP contribution in [-0.4, -0.2) is 40.2 Å². The number of aryl methyl sites for hydroxylation is 1. The molecule has 122 valence electrons. The van der Waals surface area contributed by atoms with Gasteiger partial charge in [0.1, 0.15) is 11.0 Å². The van der Waals surface area contributed by atoms with Crippen molar-refractivity contribution >= 4 is 40.1 Å². The van der Waals surface area contributed by atoms with E-state index in [1.165, 1.54) is 0 Å². The fourth-order valence-corrected chi connectivity index (χ4v) is 4.04. The highest BCUT2D eigenvalue weighted by Gasteiger charge is 2.39. The predicted molar refractivity (Wildman–Crippen MR) is 91.5 cm³/mol. The molecule has 4 heterocycles. The third-order valence-corrected chi connectivity index (χ3v) is 5.17. The smallest absolute Gasteiger partial charge is 0.226 e. The molecule has 2 aromatic heterocycles. The molecule has 2 aliphatic rings. The Balaban J connectivity index is 1.89. The number of pyridine rings is 1. The average molecular weight is 353 g/mol. The van der Waals surface area contributed by atoms with Crippen LogP contribution in [0, 0.1) is 0 Å². The lowest BCUT2D eigenvalue weighted by Gasteiger charge is -2.36. The number of hydrogen-bond acceptors (Lipinski definition) is 5. The van der Waals surface area contributed by atoms with Gasteiger partial charge in [0, 0.05) is 0 Å². The number of anilines is 1. The van der Waals surface area contributed by atoms with Crippen LogP contribution in [0.1, 0.15) is 31.7 Å². The molecule has 4 rings (SSSR count). The van der Waals surface area contributed by atoms with E-state index in [0.29, 0.717) is 22.9 Å². The molecular formula is C16H18Cl2N4O. The standard InChI is InChI=1S/C16H18Cl2N4O/c1-2-3-9-6-12-14(19-13(9)17)20-16(18)21-15(12)22-10-4-5-11(22)8-23-7-10/h6,10-11H,2-5,7-8H2,1H3.